The van der Waals surface area contributed by atoms with Gasteiger partial charge in [-0.3, -0.25) is 0 Å². The molecule has 0 aliphatic carbocycles. The van der Waals surface area contributed by atoms with E-state index >= 15 is 0 Å². The first-order valence-corrected chi connectivity index (χ1v) is 2.43. The Labute approximate surface area is 53.3 Å². The molecule has 0 saturated carbocycles. The highest BCUT2D eigenvalue weighted by molar-refractivity contribution is 5.57. The lowest BCUT2D eigenvalue weighted by Crippen LogP contribution is -1.91. The molecule has 0 atom stereocenters. The van der Waals surface area contributed by atoms with Gasteiger partial charge in [0.2, 0.25) is 0 Å². The topological polar surface area (TPSA) is 46.5 Å². The van der Waals surface area contributed by atoms with Crippen LogP contribution < -0.4 is 0 Å². The molecule has 9 heavy (non-hydrogen) atoms. The fraction of sp³-hybridized carbons (Fsp3) is 0.167. The highest BCUT2D eigenvalue weighted by atomic mass is 16.7. The third kappa shape index (κ3) is 6.75. The van der Waals surface area contributed by atoms with E-state index in [0.717, 1.165) is 6.26 Å². The van der Waals surface area contributed by atoms with E-state index in [4.69, 9.17) is 5.11 Å². The molecule has 0 spiro atoms. The zero-order valence-corrected chi connectivity index (χ0v) is 4.91. The van der Waals surface area contributed by atoms with Crippen molar-refractivity contribution >= 4 is 6.16 Å². The standard InChI is InChI=1S/C6H8O3/c1-2-3-4-5-9-6(7)8/h2,4-5H,1,3H2,(H,7,8). The lowest BCUT2D eigenvalue weighted by molar-refractivity contribution is 0.128. The highest BCUT2D eigenvalue weighted by Gasteiger charge is 1.86. The summed E-state index contributed by atoms with van der Waals surface area (Å²) in [4.78, 5) is 9.66. The summed E-state index contributed by atoms with van der Waals surface area (Å²) < 4.78 is 4.03. The number of carboxylic acid groups (broad SMARTS) is 1. The van der Waals surface area contributed by atoms with E-state index in [2.05, 4.69) is 11.3 Å². The molecule has 0 aliphatic rings. The first-order valence-electron chi connectivity index (χ1n) is 2.43. The number of carbonyl (C=O) groups is 1. The molecule has 0 aliphatic heterocycles. The van der Waals surface area contributed by atoms with E-state index in [0.29, 0.717) is 6.42 Å². The zero-order chi connectivity index (χ0) is 7.11. The number of hydrogen-bond donors (Lipinski definition) is 1. The van der Waals surface area contributed by atoms with Gasteiger partial charge in [0.25, 0.3) is 0 Å². The average molecular weight is 128 g/mol. The summed E-state index contributed by atoms with van der Waals surface area (Å²) in [7, 11) is 0. The molecular weight excluding hydrogens is 120 g/mol. The van der Waals surface area contributed by atoms with E-state index < -0.39 is 6.16 Å². The van der Waals surface area contributed by atoms with Crippen molar-refractivity contribution in [1.29, 1.82) is 0 Å². The van der Waals surface area contributed by atoms with Crippen molar-refractivity contribution < 1.29 is 14.6 Å². The van der Waals surface area contributed by atoms with Gasteiger partial charge in [0, 0.05) is 0 Å². The van der Waals surface area contributed by atoms with Gasteiger partial charge in [0.05, 0.1) is 6.26 Å². The van der Waals surface area contributed by atoms with Gasteiger partial charge in [0.1, 0.15) is 0 Å². The molecular formula is C6H8O3. The average Bonchev–Trinajstić information content (AvgIpc) is 1.80. The van der Waals surface area contributed by atoms with Gasteiger partial charge in [-0.15, -0.1) is 6.58 Å². The SMILES string of the molecule is C=CCC=COC(=O)O. The largest absolute Gasteiger partial charge is 0.510 e. The molecule has 0 aromatic rings. The molecule has 0 heterocycles. The minimum Gasteiger partial charge on any atom is -0.449 e. The second kappa shape index (κ2) is 4.90. The summed E-state index contributed by atoms with van der Waals surface area (Å²) in [5.74, 6) is 0. The van der Waals surface area contributed by atoms with Crippen LogP contribution in [0.2, 0.25) is 0 Å². The Morgan fingerprint density at radius 2 is 2.44 bits per heavy atom. The first-order chi connectivity index (χ1) is 4.27. The quantitative estimate of drug-likeness (QED) is 0.358. The van der Waals surface area contributed by atoms with Crippen molar-refractivity contribution in [2.45, 2.75) is 6.42 Å². The van der Waals surface area contributed by atoms with E-state index in [1.165, 1.54) is 0 Å². The van der Waals surface area contributed by atoms with E-state index in [9.17, 15) is 4.79 Å². The number of hydrogen-bond acceptors (Lipinski definition) is 2. The maximum Gasteiger partial charge on any atom is 0.510 e. The Balaban J connectivity index is 3.24. The highest BCUT2D eigenvalue weighted by Crippen LogP contribution is 1.84. The molecule has 0 saturated heterocycles. The Morgan fingerprint density at radius 3 is 2.89 bits per heavy atom. The van der Waals surface area contributed by atoms with Crippen molar-refractivity contribution in [3.63, 3.8) is 0 Å². The fourth-order valence-electron chi connectivity index (χ4n) is 0.258. The van der Waals surface area contributed by atoms with Crippen LogP contribution in [0.25, 0.3) is 0 Å². The Morgan fingerprint density at radius 1 is 1.78 bits per heavy atom. The molecule has 0 unspecified atom stereocenters. The Hall–Kier alpha value is -1.25. The molecule has 0 bridgehead atoms. The molecule has 0 rings (SSSR count). The van der Waals surface area contributed by atoms with Crippen LogP contribution in [0.3, 0.4) is 0 Å². The fourth-order valence-corrected chi connectivity index (χ4v) is 0.258. The molecule has 1 N–H and O–H groups in total. The minimum absolute atomic E-state index is 0.618. The predicted molar refractivity (Wildman–Crippen MR) is 33.1 cm³/mol. The van der Waals surface area contributed by atoms with E-state index in [-0.39, 0.29) is 0 Å². The lowest BCUT2D eigenvalue weighted by atomic mass is 10.4. The summed E-state index contributed by atoms with van der Waals surface area (Å²) in [6.07, 6.45) is 3.63. The van der Waals surface area contributed by atoms with Crippen molar-refractivity contribution in [3.05, 3.63) is 25.0 Å². The molecule has 0 amide bonds. The molecule has 0 radical (unpaired) electrons. The van der Waals surface area contributed by atoms with Gasteiger partial charge in [-0.05, 0) is 12.5 Å². The minimum atomic E-state index is -1.30. The van der Waals surface area contributed by atoms with Crippen LogP contribution in [0.4, 0.5) is 4.79 Å². The molecule has 3 nitrogen and oxygen atoms in total. The van der Waals surface area contributed by atoms with Gasteiger partial charge in [-0.25, -0.2) is 4.79 Å². The summed E-state index contributed by atoms with van der Waals surface area (Å²) >= 11 is 0. The van der Waals surface area contributed by atoms with E-state index in [1.807, 2.05) is 0 Å². The van der Waals surface area contributed by atoms with Crippen LogP contribution in [0.1, 0.15) is 6.42 Å². The molecule has 3 heteroatoms. The Bertz CT molecular complexity index is 126. The van der Waals surface area contributed by atoms with Crippen LogP contribution >= 0.6 is 0 Å². The van der Waals surface area contributed by atoms with Crippen LogP contribution in [0.15, 0.2) is 25.0 Å². The summed E-state index contributed by atoms with van der Waals surface area (Å²) in [5, 5.41) is 7.91. The molecule has 0 aromatic carbocycles. The van der Waals surface area contributed by atoms with Gasteiger partial charge in [-0.2, -0.15) is 0 Å². The van der Waals surface area contributed by atoms with Crippen LogP contribution in [0.5, 0.6) is 0 Å². The van der Waals surface area contributed by atoms with E-state index in [1.54, 1.807) is 12.2 Å². The van der Waals surface area contributed by atoms with Crippen LogP contribution in [-0.4, -0.2) is 11.3 Å². The third-order valence-electron chi connectivity index (χ3n) is 0.568. The summed E-state index contributed by atoms with van der Waals surface area (Å²) in [6.45, 7) is 3.42. The van der Waals surface area contributed by atoms with Gasteiger partial charge in [0.15, 0.2) is 0 Å². The maximum absolute atomic E-state index is 9.66. The van der Waals surface area contributed by atoms with Crippen LogP contribution in [-0.2, 0) is 4.74 Å². The number of rotatable bonds is 3. The zero-order valence-electron chi connectivity index (χ0n) is 4.91. The lowest BCUT2D eigenvalue weighted by Gasteiger charge is -1.85. The first kappa shape index (κ1) is 7.75. The van der Waals surface area contributed by atoms with Crippen molar-refractivity contribution in [2.75, 3.05) is 0 Å². The normalized spacial score (nSPS) is 9.33. The maximum atomic E-state index is 9.66. The number of ether oxygens (including phenoxy) is 1. The predicted octanol–water partition coefficient (Wildman–Crippen LogP) is 1.77. The summed E-state index contributed by atoms with van der Waals surface area (Å²) in [5.41, 5.74) is 0. The monoisotopic (exact) mass is 128 g/mol. The van der Waals surface area contributed by atoms with Crippen LogP contribution in [0, 0.1) is 0 Å². The van der Waals surface area contributed by atoms with Gasteiger partial charge in [-0.1, -0.05) is 6.08 Å². The molecule has 50 valence electrons. The number of allylic oxidation sites excluding steroid dienone is 2. The van der Waals surface area contributed by atoms with Crippen molar-refractivity contribution in [3.8, 4) is 0 Å². The second-order valence-electron chi connectivity index (χ2n) is 1.28. The van der Waals surface area contributed by atoms with Gasteiger partial charge >= 0.3 is 6.16 Å². The van der Waals surface area contributed by atoms with Gasteiger partial charge < -0.3 is 9.84 Å². The van der Waals surface area contributed by atoms with Crippen molar-refractivity contribution in [2.24, 2.45) is 0 Å². The second-order valence-corrected chi connectivity index (χ2v) is 1.28. The summed E-state index contributed by atoms with van der Waals surface area (Å²) in [6, 6.07) is 0. The Kier molecular flexibility index (Phi) is 4.22. The van der Waals surface area contributed by atoms with Crippen molar-refractivity contribution in [1.82, 2.24) is 0 Å². The smallest absolute Gasteiger partial charge is 0.449 e. The molecule has 0 aromatic heterocycles. The molecule has 0 fully saturated rings. The third-order valence-corrected chi connectivity index (χ3v) is 0.568.